The number of carboxylic acid groups (broad SMARTS) is 1. The molecule has 19 heteroatoms. The molecule has 340 valence electrons. The Balaban J connectivity index is 1.35. The third-order valence-corrected chi connectivity index (χ3v) is 16.1. The number of nitrogens with one attached hydrogen (secondary N) is 2. The summed E-state index contributed by atoms with van der Waals surface area (Å²) in [5, 5.41) is 14.1. The molecule has 4 heterocycles. The van der Waals surface area contributed by atoms with Crippen LogP contribution < -0.4 is 24.4 Å². The first-order valence-electron chi connectivity index (χ1n) is 21.5. The average molecular weight is 891 g/mol. The topological polar surface area (TPSA) is 188 Å². The summed E-state index contributed by atoms with van der Waals surface area (Å²) < 4.78 is 88.7. The summed E-state index contributed by atoms with van der Waals surface area (Å²) in [5.74, 6) is -5.08. The number of sulfonamides is 1. The molecule has 8 atom stereocenters. The fourth-order valence-electron chi connectivity index (χ4n) is 9.46. The normalized spacial score (nSPS) is 31.5. The Labute approximate surface area is 359 Å². The minimum atomic E-state index is -4.55. The van der Waals surface area contributed by atoms with Crippen LogP contribution in [0.3, 0.4) is 0 Å². The van der Waals surface area contributed by atoms with Crippen molar-refractivity contribution in [3.05, 3.63) is 36.5 Å². The number of nitrogens with zero attached hydrogens (tertiary/aromatic N) is 4. The van der Waals surface area contributed by atoms with Crippen LogP contribution in [0.15, 0.2) is 36.5 Å². The largest absolute Gasteiger partial charge is 0.489 e. The van der Waals surface area contributed by atoms with Gasteiger partial charge < -0.3 is 24.8 Å². The quantitative estimate of drug-likeness (QED) is 0.194. The monoisotopic (exact) mass is 890 g/mol. The molecule has 0 bridgehead atoms. The summed E-state index contributed by atoms with van der Waals surface area (Å²) in [6.07, 6.45) is 4.15. The molecule has 3 aliphatic heterocycles. The number of hydrogen-bond acceptors (Lipinski definition) is 10. The summed E-state index contributed by atoms with van der Waals surface area (Å²) in [4.78, 5) is 64.6. The molecule has 15 nitrogen and oxygen atoms in total. The number of hydrogen-bond donors (Lipinski definition) is 3. The van der Waals surface area contributed by atoms with Gasteiger partial charge in [-0.3, -0.25) is 28.9 Å². The number of benzene rings is 1. The molecular formula is C43H57F3N6O9S. The third kappa shape index (κ3) is 7.58. The Morgan fingerprint density at radius 2 is 1.89 bits per heavy atom. The highest BCUT2D eigenvalue weighted by molar-refractivity contribution is 7.91. The molecular weight excluding hydrogens is 834 g/mol. The number of aromatic nitrogens is 1. The Morgan fingerprint density at radius 1 is 1.16 bits per heavy atom. The molecule has 4 amide bonds. The zero-order chi connectivity index (χ0) is 45.2. The number of ether oxygens (including phenoxy) is 2. The molecule has 2 saturated carbocycles. The van der Waals surface area contributed by atoms with Gasteiger partial charge in [0.05, 0.1) is 12.2 Å². The lowest BCUT2D eigenvalue weighted by Gasteiger charge is -2.43. The van der Waals surface area contributed by atoms with Crippen molar-refractivity contribution in [2.45, 2.75) is 132 Å². The van der Waals surface area contributed by atoms with Crippen LogP contribution in [0.5, 0.6) is 11.6 Å². The first-order valence-corrected chi connectivity index (χ1v) is 23.0. The summed E-state index contributed by atoms with van der Waals surface area (Å²) >= 11 is 0. The van der Waals surface area contributed by atoms with Crippen molar-refractivity contribution in [2.75, 3.05) is 31.8 Å². The van der Waals surface area contributed by atoms with E-state index in [2.05, 4.69) is 10.3 Å². The van der Waals surface area contributed by atoms with Gasteiger partial charge in [-0.1, -0.05) is 39.3 Å². The predicted octanol–water partition coefficient (Wildman–Crippen LogP) is 5.77. The lowest BCUT2D eigenvalue weighted by molar-refractivity contribution is -0.219. The second-order valence-electron chi connectivity index (χ2n) is 18.1. The predicted molar refractivity (Wildman–Crippen MR) is 223 cm³/mol. The van der Waals surface area contributed by atoms with Crippen LogP contribution >= 0.6 is 0 Å². The second kappa shape index (κ2) is 16.4. The molecule has 2 aromatic rings. The molecule has 2 aliphatic carbocycles. The molecule has 1 aromatic carbocycles. The number of likely N-dealkylation sites (N-methyl/N-ethyl adjacent to an activating group) is 1. The highest BCUT2D eigenvalue weighted by Gasteiger charge is 2.71. The van der Waals surface area contributed by atoms with Gasteiger partial charge in [-0.05, 0) is 88.8 Å². The van der Waals surface area contributed by atoms with Crippen LogP contribution in [0.25, 0.3) is 10.8 Å². The van der Waals surface area contributed by atoms with Gasteiger partial charge in [-0.25, -0.2) is 22.6 Å². The van der Waals surface area contributed by atoms with Gasteiger partial charge in [-0.15, -0.1) is 0 Å². The van der Waals surface area contributed by atoms with E-state index in [1.165, 1.54) is 6.20 Å². The van der Waals surface area contributed by atoms with Crippen molar-refractivity contribution in [2.24, 2.45) is 17.8 Å². The van der Waals surface area contributed by atoms with E-state index in [1.807, 2.05) is 23.6 Å². The molecule has 7 rings (SSSR count). The number of carbonyl (C=O) groups excluding carboxylic acids is 3. The molecule has 0 radical (unpaired) electrons. The van der Waals surface area contributed by atoms with Gasteiger partial charge in [0, 0.05) is 42.4 Å². The fraction of sp³-hybridized carbons (Fsp3) is 0.651. The molecule has 3 N–H and O–H groups in total. The van der Waals surface area contributed by atoms with Crippen LogP contribution in [-0.4, -0.2) is 119 Å². The van der Waals surface area contributed by atoms with Crippen molar-refractivity contribution in [1.29, 1.82) is 0 Å². The summed E-state index contributed by atoms with van der Waals surface area (Å²) in [5.41, 5.74) is -3.88. The van der Waals surface area contributed by atoms with E-state index in [0.717, 1.165) is 17.5 Å². The molecule has 62 heavy (non-hydrogen) atoms. The van der Waals surface area contributed by atoms with Crippen LogP contribution in [0, 0.1) is 17.8 Å². The highest BCUT2D eigenvalue weighted by Crippen LogP contribution is 2.52. The maximum absolute atomic E-state index is 17.9. The van der Waals surface area contributed by atoms with Crippen molar-refractivity contribution >= 4 is 50.3 Å². The van der Waals surface area contributed by atoms with Crippen molar-refractivity contribution in [1.82, 2.24) is 24.8 Å². The maximum Gasteiger partial charge on any atom is 0.408 e. The molecule has 3 fully saturated rings. The van der Waals surface area contributed by atoms with E-state index in [-0.39, 0.29) is 55.2 Å². The van der Waals surface area contributed by atoms with E-state index >= 15 is 13.6 Å². The maximum atomic E-state index is 17.9. The number of fused-ring (bicyclic) bond motifs is 5. The van der Waals surface area contributed by atoms with Crippen LogP contribution in [0.4, 0.5) is 23.7 Å². The molecule has 1 unspecified atom stereocenters. The Kier molecular flexibility index (Phi) is 12.0. The first-order chi connectivity index (χ1) is 29.2. The number of rotatable bonds is 10. The lowest BCUT2D eigenvalue weighted by atomic mass is 9.83. The SMILES string of the molecule is CCC(C)N(C(=O)O)[C@@H]1C(=O)N2[C@@H](C[C@@](C)(Oc3nccc4c5c(ccc34)N(C)CCO5)C2(F)F)C(=O)N[C@]2(C(=O)NS(=O)(=O)C3(CF)CC3)C[C@H]2/C=C\CC[C@H](C)C[C@H]1CC. The minimum absolute atomic E-state index is 0.0121. The smallest absolute Gasteiger partial charge is 0.408 e. The van der Waals surface area contributed by atoms with Crippen LogP contribution in [-0.2, 0) is 24.4 Å². The zero-order valence-electron chi connectivity index (χ0n) is 36.0. The van der Waals surface area contributed by atoms with E-state index in [9.17, 15) is 32.3 Å². The van der Waals surface area contributed by atoms with Crippen LogP contribution in [0.2, 0.25) is 0 Å². The average Bonchev–Trinajstić information content (AvgIpc) is 4.15. The third-order valence-electron chi connectivity index (χ3n) is 13.9. The van der Waals surface area contributed by atoms with Gasteiger partial charge in [0.1, 0.15) is 35.7 Å². The molecule has 5 aliphatic rings. The lowest BCUT2D eigenvalue weighted by Crippen LogP contribution is -2.65. The molecule has 0 spiro atoms. The van der Waals surface area contributed by atoms with Crippen molar-refractivity contribution < 1.29 is 55.3 Å². The van der Waals surface area contributed by atoms with Gasteiger partial charge in [-0.2, -0.15) is 8.78 Å². The summed E-state index contributed by atoms with van der Waals surface area (Å²) in [6.45, 7) is 7.78. The van der Waals surface area contributed by atoms with E-state index < -0.39 is 98.8 Å². The standard InChI is InChI=1S/C43H57F3N6O9S/c1-7-26(4)51(39(56)57)33-27(8-2)21-25(3)11-9-10-12-28-22-42(28,38(55)49-62(58,59)41(24-44)16-17-41)48-35(53)32-23-40(5,43(45,46)52(32)37(33)54)61-36-30-13-14-31-34(29(30)15-18-47-36)60-20-19-50(31)6/h10,12-15,18,25-28,32-33H,7-9,11,16-17,19-24H2,1-6H3,(H,48,53)(H,49,55)(H,56,57)/b12-10-/t25-,26?,27+,28+,32-,33-,40+,42+/m0/s1. The Hall–Kier alpha value is -4.81. The number of carbonyl (C=O) groups is 4. The Morgan fingerprint density at radius 3 is 2.53 bits per heavy atom. The summed E-state index contributed by atoms with van der Waals surface area (Å²) in [6, 6.07) is -3.79. The number of alkyl halides is 3. The number of pyridine rings is 1. The van der Waals surface area contributed by atoms with E-state index in [1.54, 1.807) is 51.1 Å². The van der Waals surface area contributed by atoms with E-state index in [0.29, 0.717) is 42.5 Å². The Bertz CT molecular complexity index is 2260. The number of allylic oxidation sites excluding steroid dienone is 1. The number of halogens is 3. The van der Waals surface area contributed by atoms with Gasteiger partial charge >= 0.3 is 12.1 Å². The van der Waals surface area contributed by atoms with Gasteiger partial charge in [0.15, 0.2) is 11.4 Å². The van der Waals surface area contributed by atoms with Crippen LogP contribution in [0.1, 0.15) is 92.4 Å². The van der Waals surface area contributed by atoms with Gasteiger partial charge in [0.2, 0.25) is 21.8 Å². The van der Waals surface area contributed by atoms with Crippen molar-refractivity contribution in [3.8, 4) is 11.6 Å². The zero-order valence-corrected chi connectivity index (χ0v) is 36.8. The van der Waals surface area contributed by atoms with E-state index in [4.69, 9.17) is 9.47 Å². The number of amides is 4. The van der Waals surface area contributed by atoms with Gasteiger partial charge in [0.25, 0.3) is 11.8 Å². The molecule has 1 saturated heterocycles. The first kappa shape index (κ1) is 45.2. The fourth-order valence-corrected chi connectivity index (χ4v) is 10.9. The second-order valence-corrected chi connectivity index (χ2v) is 20.2. The highest BCUT2D eigenvalue weighted by atomic mass is 32.2. The number of anilines is 1. The molecule has 1 aromatic heterocycles. The summed E-state index contributed by atoms with van der Waals surface area (Å²) in [7, 11) is -2.67. The van der Waals surface area contributed by atoms with Crippen molar-refractivity contribution in [3.63, 3.8) is 0 Å². The minimum Gasteiger partial charge on any atom is -0.489 e.